The summed E-state index contributed by atoms with van der Waals surface area (Å²) in [6.07, 6.45) is 7.01. The quantitative estimate of drug-likeness (QED) is 0.343. The van der Waals surface area contributed by atoms with Gasteiger partial charge in [0.2, 0.25) is 15.9 Å². The summed E-state index contributed by atoms with van der Waals surface area (Å²) in [7, 11) is -3.62. The molecular weight excluding hydrogens is 422 g/mol. The number of ether oxygens (including phenoxy) is 1. The number of hydrogen-bond acceptors (Lipinski definition) is 7. The van der Waals surface area contributed by atoms with Gasteiger partial charge in [0.1, 0.15) is 12.3 Å². The topological polar surface area (TPSA) is 141 Å². The number of urea groups is 1. The molecule has 2 heterocycles. The maximum Gasteiger partial charge on any atom is 0.324 e. The van der Waals surface area contributed by atoms with E-state index in [4.69, 9.17) is 10.00 Å². The molecule has 3 amide bonds. The first kappa shape index (κ1) is 23.0. The van der Waals surface area contributed by atoms with Crippen molar-refractivity contribution >= 4 is 22.0 Å². The molecule has 1 aliphatic heterocycles. The van der Waals surface area contributed by atoms with Crippen molar-refractivity contribution in [3.8, 4) is 11.8 Å². The molecule has 3 rings (SSSR count). The molecule has 0 unspecified atom stereocenters. The third kappa shape index (κ3) is 7.48. The van der Waals surface area contributed by atoms with E-state index in [0.717, 1.165) is 12.8 Å². The van der Waals surface area contributed by atoms with Crippen molar-refractivity contribution in [2.75, 3.05) is 25.4 Å². The van der Waals surface area contributed by atoms with E-state index >= 15 is 0 Å². The Balaban J connectivity index is 1.46. The minimum atomic E-state index is -3.62. The van der Waals surface area contributed by atoms with Crippen LogP contribution in [0.3, 0.4) is 0 Å². The lowest BCUT2D eigenvalue weighted by atomic mass is 10.1. The Morgan fingerprint density at radius 2 is 2.10 bits per heavy atom. The van der Waals surface area contributed by atoms with Gasteiger partial charge in [0, 0.05) is 12.7 Å². The average Bonchev–Trinajstić information content (AvgIpc) is 3.50. The molecule has 0 radical (unpaired) electrons. The summed E-state index contributed by atoms with van der Waals surface area (Å²) < 4.78 is 33.3. The number of sulfonamides is 1. The molecule has 1 saturated heterocycles. The Kier molecular flexibility index (Phi) is 7.81. The van der Waals surface area contributed by atoms with E-state index in [2.05, 4.69) is 15.0 Å². The van der Waals surface area contributed by atoms with E-state index in [1.165, 1.54) is 11.1 Å². The number of aromatic nitrogens is 1. The Morgan fingerprint density at radius 1 is 1.29 bits per heavy atom. The van der Waals surface area contributed by atoms with Crippen molar-refractivity contribution < 1.29 is 22.7 Å². The van der Waals surface area contributed by atoms with Crippen molar-refractivity contribution in [2.24, 2.45) is 5.92 Å². The maximum absolute atomic E-state index is 12.5. The highest BCUT2D eigenvalue weighted by molar-refractivity contribution is 7.89. The molecule has 1 atom stereocenters. The van der Waals surface area contributed by atoms with Crippen LogP contribution in [0.5, 0.6) is 5.75 Å². The highest BCUT2D eigenvalue weighted by Crippen LogP contribution is 2.30. The van der Waals surface area contributed by atoms with Gasteiger partial charge < -0.3 is 9.64 Å². The summed E-state index contributed by atoms with van der Waals surface area (Å²) in [5.74, 6) is 0.732. The van der Waals surface area contributed by atoms with Crippen LogP contribution in [-0.4, -0.2) is 55.7 Å². The van der Waals surface area contributed by atoms with Gasteiger partial charge in [-0.15, -0.1) is 0 Å². The molecule has 168 valence electrons. The van der Waals surface area contributed by atoms with Gasteiger partial charge in [-0.1, -0.05) is 6.42 Å². The normalized spacial score (nSPS) is 17.3. The van der Waals surface area contributed by atoms with E-state index in [-0.39, 0.29) is 24.6 Å². The van der Waals surface area contributed by atoms with Crippen LogP contribution in [0.2, 0.25) is 0 Å². The zero-order valence-corrected chi connectivity index (χ0v) is 18.1. The molecule has 2 aliphatic rings. The molecule has 31 heavy (non-hydrogen) atoms. The number of carbonyl (C=O) groups is 2. The minimum Gasteiger partial charge on any atom is -0.492 e. The third-order valence-corrected chi connectivity index (χ3v) is 6.62. The molecule has 10 nitrogen and oxygen atoms in total. The first-order valence-electron chi connectivity index (χ1n) is 10.4. The summed E-state index contributed by atoms with van der Waals surface area (Å²) >= 11 is 0. The number of amides is 3. The molecule has 2 fully saturated rings. The van der Waals surface area contributed by atoms with Crippen molar-refractivity contribution in [3.05, 3.63) is 24.0 Å². The summed E-state index contributed by atoms with van der Waals surface area (Å²) in [4.78, 5) is 28.2. The predicted octanol–water partition coefficient (Wildman–Crippen LogP) is 1.47. The molecule has 11 heteroatoms. The smallest absolute Gasteiger partial charge is 0.324 e. The molecule has 0 spiro atoms. The second-order valence-electron chi connectivity index (χ2n) is 7.90. The van der Waals surface area contributed by atoms with Crippen LogP contribution in [0.15, 0.2) is 18.5 Å². The van der Waals surface area contributed by atoms with Gasteiger partial charge in [-0.3, -0.25) is 15.1 Å². The number of hydrogen-bond donors (Lipinski definition) is 2. The number of nitriles is 1. The second kappa shape index (κ2) is 10.5. The lowest BCUT2D eigenvalue weighted by molar-refractivity contribution is -0.118. The zero-order chi connectivity index (χ0) is 22.3. The van der Waals surface area contributed by atoms with Crippen LogP contribution < -0.4 is 14.8 Å². The second-order valence-corrected chi connectivity index (χ2v) is 9.77. The summed E-state index contributed by atoms with van der Waals surface area (Å²) in [5.41, 5.74) is 0.586. The predicted molar refractivity (Wildman–Crippen MR) is 111 cm³/mol. The van der Waals surface area contributed by atoms with E-state index in [1.807, 2.05) is 6.07 Å². The van der Waals surface area contributed by atoms with Crippen molar-refractivity contribution in [1.82, 2.24) is 19.9 Å². The van der Waals surface area contributed by atoms with Crippen molar-refractivity contribution in [3.63, 3.8) is 0 Å². The summed E-state index contributed by atoms with van der Waals surface area (Å²) in [6.45, 7) is 1.07. The van der Waals surface area contributed by atoms with Gasteiger partial charge in [0.05, 0.1) is 37.1 Å². The maximum atomic E-state index is 12.5. The van der Waals surface area contributed by atoms with Crippen LogP contribution in [-0.2, 0) is 14.8 Å². The van der Waals surface area contributed by atoms with Crippen LogP contribution >= 0.6 is 0 Å². The first-order valence-corrected chi connectivity index (χ1v) is 12.0. The van der Waals surface area contributed by atoms with Crippen LogP contribution in [0.4, 0.5) is 4.79 Å². The summed E-state index contributed by atoms with van der Waals surface area (Å²) in [5, 5.41) is 11.3. The number of imide groups is 1. The molecule has 0 bridgehead atoms. The Morgan fingerprint density at radius 3 is 2.77 bits per heavy atom. The number of rotatable bonds is 13. The summed E-state index contributed by atoms with van der Waals surface area (Å²) in [6, 6.07) is 2.63. The van der Waals surface area contributed by atoms with Crippen molar-refractivity contribution in [2.45, 2.75) is 44.6 Å². The molecular formula is C20H27N5O5S. The molecule has 1 aliphatic carbocycles. The fourth-order valence-corrected chi connectivity index (χ4v) is 4.59. The molecule has 0 aromatic carbocycles. The van der Waals surface area contributed by atoms with Gasteiger partial charge in [0.25, 0.3) is 0 Å². The number of carbonyl (C=O) groups excluding carboxylic acids is 2. The Labute approximate surface area is 182 Å². The lowest BCUT2D eigenvalue weighted by Crippen LogP contribution is -2.31. The molecule has 1 aromatic heterocycles. The van der Waals surface area contributed by atoms with Gasteiger partial charge in [-0.2, -0.15) is 5.26 Å². The number of nitrogens with zero attached hydrogens (tertiary/aromatic N) is 3. The SMILES string of the molecule is N#CC[C@@H](NS(=O)(=O)CCCCCN1CC(=O)NC1=O)c1cncc(OCC2CC2)c1. The van der Waals surface area contributed by atoms with Gasteiger partial charge in [0.15, 0.2) is 0 Å². The van der Waals surface area contributed by atoms with Crippen molar-refractivity contribution in [1.29, 1.82) is 5.26 Å². The molecule has 1 saturated carbocycles. The Bertz CT molecular complexity index is 942. The monoisotopic (exact) mass is 449 g/mol. The Hall–Kier alpha value is -2.71. The van der Waals surface area contributed by atoms with E-state index in [9.17, 15) is 18.0 Å². The number of nitrogens with one attached hydrogen (secondary N) is 2. The largest absolute Gasteiger partial charge is 0.492 e. The zero-order valence-electron chi connectivity index (χ0n) is 17.2. The fourth-order valence-electron chi connectivity index (χ4n) is 3.23. The van der Waals surface area contributed by atoms with E-state index < -0.39 is 22.1 Å². The third-order valence-electron chi connectivity index (χ3n) is 5.15. The standard InChI is InChI=1S/C20H27N5O5S/c21-7-6-18(16-10-17(12-22-11-16)30-14-15-4-5-15)24-31(28,29)9-3-1-2-8-25-13-19(26)23-20(25)27/h10-12,15,18,24H,1-6,8-9,13-14H2,(H,23,26,27)/t18-/m1/s1. The van der Waals surface area contributed by atoms with E-state index in [1.54, 1.807) is 12.3 Å². The highest BCUT2D eigenvalue weighted by Gasteiger charge is 2.26. The minimum absolute atomic E-state index is 0.0227. The average molecular weight is 450 g/mol. The van der Waals surface area contributed by atoms with Crippen LogP contribution in [0.1, 0.15) is 50.1 Å². The highest BCUT2D eigenvalue weighted by atomic mass is 32.2. The lowest BCUT2D eigenvalue weighted by Gasteiger charge is -2.17. The van der Waals surface area contributed by atoms with Crippen LogP contribution in [0, 0.1) is 17.2 Å². The van der Waals surface area contributed by atoms with Gasteiger partial charge in [-0.25, -0.2) is 17.9 Å². The van der Waals surface area contributed by atoms with Gasteiger partial charge >= 0.3 is 6.03 Å². The first-order chi connectivity index (χ1) is 14.9. The molecule has 2 N–H and O–H groups in total. The number of pyridine rings is 1. The molecule has 1 aromatic rings. The van der Waals surface area contributed by atoms with Crippen LogP contribution in [0.25, 0.3) is 0 Å². The number of unbranched alkanes of at least 4 members (excludes halogenated alkanes) is 2. The fraction of sp³-hybridized carbons (Fsp3) is 0.600. The van der Waals surface area contributed by atoms with E-state index in [0.29, 0.717) is 49.6 Å². The van der Waals surface area contributed by atoms with Gasteiger partial charge in [-0.05, 0) is 43.2 Å².